The maximum absolute atomic E-state index is 14.1. The van der Waals surface area contributed by atoms with Crippen molar-refractivity contribution in [3.05, 3.63) is 95.3 Å². The second-order valence-corrected chi connectivity index (χ2v) is 9.02. The smallest absolute Gasteiger partial charge is 0.123 e. The van der Waals surface area contributed by atoms with Gasteiger partial charge in [0.1, 0.15) is 17.5 Å². The van der Waals surface area contributed by atoms with E-state index in [0.717, 1.165) is 55.0 Å². The van der Waals surface area contributed by atoms with Gasteiger partial charge >= 0.3 is 0 Å². The van der Waals surface area contributed by atoms with Gasteiger partial charge in [-0.05, 0) is 91.5 Å². The lowest BCUT2D eigenvalue weighted by Crippen LogP contribution is -2.45. The number of benzene rings is 3. The van der Waals surface area contributed by atoms with Crippen LogP contribution in [0.2, 0.25) is 0 Å². The van der Waals surface area contributed by atoms with Gasteiger partial charge in [-0.15, -0.1) is 0 Å². The van der Waals surface area contributed by atoms with Crippen LogP contribution >= 0.6 is 0 Å². The first-order valence-electron chi connectivity index (χ1n) is 11.5. The van der Waals surface area contributed by atoms with Gasteiger partial charge in [-0.3, -0.25) is 0 Å². The Morgan fingerprint density at radius 2 is 1.55 bits per heavy atom. The van der Waals surface area contributed by atoms with Crippen molar-refractivity contribution in [3.8, 4) is 0 Å². The van der Waals surface area contributed by atoms with E-state index in [1.54, 1.807) is 30.3 Å². The van der Waals surface area contributed by atoms with Crippen molar-refractivity contribution >= 4 is 11.4 Å². The van der Waals surface area contributed by atoms with Crippen LogP contribution in [0.1, 0.15) is 42.4 Å². The highest BCUT2D eigenvalue weighted by atomic mass is 19.1. The summed E-state index contributed by atoms with van der Waals surface area (Å²) in [6.45, 7) is 2.55. The Morgan fingerprint density at radius 1 is 0.879 bits per heavy atom. The monoisotopic (exact) mass is 452 g/mol. The lowest BCUT2D eigenvalue weighted by molar-refractivity contribution is 0.145. The van der Waals surface area contributed by atoms with Crippen molar-refractivity contribution in [1.29, 1.82) is 0 Å². The van der Waals surface area contributed by atoms with Gasteiger partial charge in [0.05, 0.1) is 6.10 Å². The fourth-order valence-electron chi connectivity index (χ4n) is 5.34. The standard InChI is InChI=1S/C27H27F3N2O/c28-19-5-3-18(4-6-19)27(33)2-1-14-31-15-13-26-24(17-31)23-16-21(30)9-12-25(23)32(26)22-10-7-20(29)8-11-22/h3-12,16,24,26-27,33H,1-2,13-15,17H2/t24?,26-,27?/m0/s1. The summed E-state index contributed by atoms with van der Waals surface area (Å²) < 4.78 is 40.7. The van der Waals surface area contributed by atoms with Crippen molar-refractivity contribution in [2.75, 3.05) is 24.5 Å². The number of hydrogen-bond acceptors (Lipinski definition) is 3. The van der Waals surface area contributed by atoms with E-state index < -0.39 is 6.10 Å². The van der Waals surface area contributed by atoms with Crippen molar-refractivity contribution in [2.45, 2.75) is 37.3 Å². The molecule has 1 saturated heterocycles. The zero-order valence-electron chi connectivity index (χ0n) is 18.3. The molecular weight excluding hydrogens is 425 g/mol. The van der Waals surface area contributed by atoms with E-state index >= 15 is 0 Å². The molecule has 3 atom stereocenters. The van der Waals surface area contributed by atoms with Crippen LogP contribution in [0.15, 0.2) is 66.7 Å². The van der Waals surface area contributed by atoms with Crippen LogP contribution in [0.5, 0.6) is 0 Å². The molecule has 172 valence electrons. The van der Waals surface area contributed by atoms with Crippen LogP contribution in [0.4, 0.5) is 24.5 Å². The number of aliphatic hydroxyl groups excluding tert-OH is 1. The van der Waals surface area contributed by atoms with E-state index in [0.29, 0.717) is 6.42 Å². The van der Waals surface area contributed by atoms with Crippen LogP contribution in [0.25, 0.3) is 0 Å². The first-order valence-corrected chi connectivity index (χ1v) is 11.5. The first kappa shape index (κ1) is 22.0. The predicted octanol–water partition coefficient (Wildman–Crippen LogP) is 5.93. The summed E-state index contributed by atoms with van der Waals surface area (Å²) in [4.78, 5) is 4.61. The predicted molar refractivity (Wildman–Crippen MR) is 123 cm³/mol. The molecule has 0 aliphatic carbocycles. The first-order chi connectivity index (χ1) is 16.0. The summed E-state index contributed by atoms with van der Waals surface area (Å²) in [5, 5.41) is 10.4. The van der Waals surface area contributed by atoms with Crippen LogP contribution in [-0.4, -0.2) is 35.7 Å². The molecule has 0 radical (unpaired) electrons. The maximum atomic E-state index is 14.1. The summed E-state index contributed by atoms with van der Waals surface area (Å²) in [6, 6.07) is 17.6. The summed E-state index contributed by atoms with van der Waals surface area (Å²) in [5.74, 6) is -0.659. The van der Waals surface area contributed by atoms with Crippen molar-refractivity contribution < 1.29 is 18.3 Å². The molecule has 3 nitrogen and oxygen atoms in total. The molecule has 3 aromatic rings. The molecule has 2 aliphatic rings. The third kappa shape index (κ3) is 4.50. The van der Waals surface area contributed by atoms with Gasteiger partial charge in [0.25, 0.3) is 0 Å². The minimum absolute atomic E-state index is 0.163. The SMILES string of the molecule is OC(CCCN1CC[C@H]2C(C1)c1cc(F)ccc1N2c1ccc(F)cc1)c1ccc(F)cc1. The molecule has 5 rings (SSSR count). The second kappa shape index (κ2) is 9.20. The molecule has 0 spiro atoms. The topological polar surface area (TPSA) is 26.7 Å². The maximum Gasteiger partial charge on any atom is 0.123 e. The van der Waals surface area contributed by atoms with Gasteiger partial charge < -0.3 is 14.9 Å². The highest BCUT2D eigenvalue weighted by Crippen LogP contribution is 2.48. The lowest BCUT2D eigenvalue weighted by Gasteiger charge is -2.39. The van der Waals surface area contributed by atoms with E-state index in [-0.39, 0.29) is 29.4 Å². The van der Waals surface area contributed by atoms with Gasteiger partial charge in [-0.25, -0.2) is 13.2 Å². The molecule has 0 amide bonds. The number of hydrogen-bond donors (Lipinski definition) is 1. The molecule has 0 bridgehead atoms. The van der Waals surface area contributed by atoms with E-state index in [9.17, 15) is 18.3 Å². The van der Waals surface area contributed by atoms with Gasteiger partial charge in [0.15, 0.2) is 0 Å². The summed E-state index contributed by atoms with van der Waals surface area (Å²) >= 11 is 0. The summed E-state index contributed by atoms with van der Waals surface area (Å²) in [5.41, 5.74) is 3.64. The summed E-state index contributed by atoms with van der Waals surface area (Å²) in [7, 11) is 0. The normalized spacial score (nSPS) is 21.0. The van der Waals surface area contributed by atoms with E-state index in [1.807, 2.05) is 6.07 Å². The molecule has 2 unspecified atom stereocenters. The average Bonchev–Trinajstić information content (AvgIpc) is 3.13. The number of halogens is 3. The van der Waals surface area contributed by atoms with Crippen LogP contribution in [0.3, 0.4) is 0 Å². The molecule has 1 N–H and O–H groups in total. The number of piperidine rings is 1. The molecule has 0 aromatic heterocycles. The van der Waals surface area contributed by atoms with Gasteiger partial charge in [-0.1, -0.05) is 12.1 Å². The highest BCUT2D eigenvalue weighted by Gasteiger charge is 2.42. The van der Waals surface area contributed by atoms with Crippen molar-refractivity contribution in [3.63, 3.8) is 0 Å². The Hall–Kier alpha value is -2.83. The number of fused-ring (bicyclic) bond motifs is 3. The van der Waals surface area contributed by atoms with Crippen LogP contribution in [-0.2, 0) is 0 Å². The summed E-state index contributed by atoms with van der Waals surface area (Å²) in [6.07, 6.45) is 1.72. The molecule has 3 aromatic carbocycles. The molecule has 2 heterocycles. The Bertz CT molecular complexity index is 1100. The minimum Gasteiger partial charge on any atom is -0.388 e. The third-order valence-electron chi connectivity index (χ3n) is 6.95. The third-order valence-corrected chi connectivity index (χ3v) is 6.95. The van der Waals surface area contributed by atoms with Crippen molar-refractivity contribution in [2.24, 2.45) is 0 Å². The van der Waals surface area contributed by atoms with E-state index in [4.69, 9.17) is 0 Å². The molecule has 33 heavy (non-hydrogen) atoms. The molecule has 6 heteroatoms. The largest absolute Gasteiger partial charge is 0.388 e. The van der Waals surface area contributed by atoms with E-state index in [1.165, 1.54) is 30.3 Å². The zero-order valence-corrected chi connectivity index (χ0v) is 18.3. The Labute approximate surface area is 192 Å². The number of likely N-dealkylation sites (tertiary alicyclic amines) is 1. The minimum atomic E-state index is -0.613. The molecule has 2 aliphatic heterocycles. The number of aliphatic hydroxyl groups is 1. The van der Waals surface area contributed by atoms with E-state index in [2.05, 4.69) is 9.80 Å². The fourth-order valence-corrected chi connectivity index (χ4v) is 5.34. The molecule has 0 saturated carbocycles. The second-order valence-electron chi connectivity index (χ2n) is 9.02. The Morgan fingerprint density at radius 3 is 2.27 bits per heavy atom. The Balaban J connectivity index is 1.27. The number of nitrogens with zero attached hydrogens (tertiary/aromatic N) is 2. The highest BCUT2D eigenvalue weighted by molar-refractivity contribution is 5.73. The fraction of sp³-hybridized carbons (Fsp3) is 0.333. The number of rotatable bonds is 6. The van der Waals surface area contributed by atoms with Crippen molar-refractivity contribution in [1.82, 2.24) is 4.90 Å². The molecule has 1 fully saturated rings. The van der Waals surface area contributed by atoms with Gasteiger partial charge in [0, 0.05) is 36.4 Å². The van der Waals surface area contributed by atoms with Gasteiger partial charge in [-0.2, -0.15) is 0 Å². The Kier molecular flexibility index (Phi) is 6.13. The molecular formula is C27H27F3N2O. The van der Waals surface area contributed by atoms with Crippen LogP contribution < -0.4 is 4.90 Å². The lowest BCUT2D eigenvalue weighted by atomic mass is 9.88. The van der Waals surface area contributed by atoms with Gasteiger partial charge in [0.2, 0.25) is 0 Å². The zero-order chi connectivity index (χ0) is 22.9. The number of anilines is 2. The quantitative estimate of drug-likeness (QED) is 0.502. The van der Waals surface area contributed by atoms with Crippen LogP contribution in [0, 0.1) is 17.5 Å². The average molecular weight is 453 g/mol.